The van der Waals surface area contributed by atoms with Gasteiger partial charge < -0.3 is 10.0 Å². The van der Waals surface area contributed by atoms with Crippen molar-refractivity contribution >= 4 is 5.78 Å². The van der Waals surface area contributed by atoms with Crippen molar-refractivity contribution in [2.75, 3.05) is 14.1 Å². The Morgan fingerprint density at radius 3 is 2.58 bits per heavy atom. The summed E-state index contributed by atoms with van der Waals surface area (Å²) in [5, 5.41) is 9.64. The molecule has 66 valence electrons. The quantitative estimate of drug-likeness (QED) is 0.602. The van der Waals surface area contributed by atoms with Crippen molar-refractivity contribution in [3.63, 3.8) is 0 Å². The third kappa shape index (κ3) is 1.28. The molecule has 0 aliphatic heterocycles. The van der Waals surface area contributed by atoms with Crippen LogP contribution in [-0.4, -0.2) is 35.5 Å². The van der Waals surface area contributed by atoms with E-state index in [-0.39, 0.29) is 5.78 Å². The smallest absolute Gasteiger partial charge is 0.193 e. The first-order valence-electron chi connectivity index (χ1n) is 3.78. The summed E-state index contributed by atoms with van der Waals surface area (Å²) in [6.45, 7) is 3.44. The lowest BCUT2D eigenvalue weighted by Gasteiger charge is -2.18. The number of nitrogens with zero attached hydrogens (tertiary/aromatic N) is 1. The fourth-order valence-electron chi connectivity index (χ4n) is 1.15. The van der Waals surface area contributed by atoms with Gasteiger partial charge in [-0.25, -0.2) is 0 Å². The van der Waals surface area contributed by atoms with Gasteiger partial charge in [-0.15, -0.1) is 0 Å². The first kappa shape index (κ1) is 9.00. The van der Waals surface area contributed by atoms with Crippen molar-refractivity contribution in [2.24, 2.45) is 0 Å². The number of carbonyl (C=O) groups is 1. The highest BCUT2D eigenvalue weighted by Crippen LogP contribution is 2.27. The van der Waals surface area contributed by atoms with Gasteiger partial charge in [-0.2, -0.15) is 0 Å². The lowest BCUT2D eigenvalue weighted by Crippen LogP contribution is -2.31. The lowest BCUT2D eigenvalue weighted by molar-refractivity contribution is -0.126. The van der Waals surface area contributed by atoms with Gasteiger partial charge in [0, 0.05) is 32.3 Å². The third-order valence-corrected chi connectivity index (χ3v) is 2.09. The highest BCUT2D eigenvalue weighted by atomic mass is 16.3. The summed E-state index contributed by atoms with van der Waals surface area (Å²) in [6.07, 6.45) is 3.09. The van der Waals surface area contributed by atoms with Gasteiger partial charge in [0.1, 0.15) is 5.60 Å². The molecule has 0 saturated carbocycles. The molecule has 0 heterocycles. The Hall–Kier alpha value is -1.09. The summed E-state index contributed by atoms with van der Waals surface area (Å²) in [5.41, 5.74) is -0.526. The molecule has 1 rings (SSSR count). The monoisotopic (exact) mass is 167 g/mol. The van der Waals surface area contributed by atoms with E-state index in [1.807, 2.05) is 19.0 Å². The Bertz CT molecular complexity index is 255. The zero-order valence-electron chi connectivity index (χ0n) is 7.37. The van der Waals surface area contributed by atoms with Gasteiger partial charge in [-0.1, -0.05) is 12.7 Å². The topological polar surface area (TPSA) is 40.5 Å². The summed E-state index contributed by atoms with van der Waals surface area (Å²) >= 11 is 0. The maximum atomic E-state index is 11.2. The maximum Gasteiger partial charge on any atom is 0.193 e. The molecule has 1 aliphatic rings. The van der Waals surface area contributed by atoms with E-state index in [2.05, 4.69) is 6.58 Å². The Balaban J connectivity index is 2.87. The number of aliphatic hydroxyl groups is 1. The van der Waals surface area contributed by atoms with Crippen LogP contribution in [0.4, 0.5) is 0 Å². The minimum Gasteiger partial charge on any atom is -0.381 e. The third-order valence-electron chi connectivity index (χ3n) is 2.09. The largest absolute Gasteiger partial charge is 0.381 e. The van der Waals surface area contributed by atoms with Crippen LogP contribution in [0.5, 0.6) is 0 Å². The van der Waals surface area contributed by atoms with E-state index in [1.165, 1.54) is 12.2 Å². The summed E-state index contributed by atoms with van der Waals surface area (Å²) in [7, 11) is 3.68. The summed E-state index contributed by atoms with van der Waals surface area (Å²) in [4.78, 5) is 13.0. The molecule has 0 aromatic rings. The molecule has 0 aromatic heterocycles. The fourth-order valence-corrected chi connectivity index (χ4v) is 1.15. The molecule has 0 amide bonds. The second-order valence-corrected chi connectivity index (χ2v) is 3.20. The van der Waals surface area contributed by atoms with Crippen LogP contribution < -0.4 is 0 Å². The highest BCUT2D eigenvalue weighted by molar-refractivity contribution is 6.01. The van der Waals surface area contributed by atoms with Crippen LogP contribution in [0.2, 0.25) is 0 Å². The van der Waals surface area contributed by atoms with Crippen LogP contribution in [0.1, 0.15) is 6.42 Å². The van der Waals surface area contributed by atoms with E-state index in [1.54, 1.807) is 0 Å². The van der Waals surface area contributed by atoms with Crippen LogP contribution in [0.25, 0.3) is 0 Å². The zero-order chi connectivity index (χ0) is 9.35. The molecule has 0 saturated heterocycles. The van der Waals surface area contributed by atoms with Gasteiger partial charge in [0.15, 0.2) is 5.78 Å². The Kier molecular flexibility index (Phi) is 2.06. The van der Waals surface area contributed by atoms with Gasteiger partial charge in [0.25, 0.3) is 0 Å². The molecule has 3 heteroatoms. The van der Waals surface area contributed by atoms with Gasteiger partial charge in [0.2, 0.25) is 0 Å². The standard InChI is InChI=1S/C9H13NO2/c1-4-9(12)6-7(10(2)3)5-8(9)11/h4-5,12H,1,6H2,2-3H3/t9-/m1/s1. The molecular weight excluding hydrogens is 154 g/mol. The van der Waals surface area contributed by atoms with Gasteiger partial charge in [0.05, 0.1) is 0 Å². The molecule has 0 spiro atoms. The summed E-state index contributed by atoms with van der Waals surface area (Å²) in [6, 6.07) is 0. The normalized spacial score (nSPS) is 28.6. The first-order chi connectivity index (χ1) is 5.49. The molecule has 1 atom stereocenters. The minimum atomic E-state index is -1.36. The van der Waals surface area contributed by atoms with Crippen LogP contribution in [-0.2, 0) is 4.79 Å². The second kappa shape index (κ2) is 2.75. The van der Waals surface area contributed by atoms with Crippen molar-refractivity contribution in [3.05, 3.63) is 24.4 Å². The molecule has 1 N–H and O–H groups in total. The SMILES string of the molecule is C=C[C@@]1(O)CC(N(C)C)=CC1=O. The fraction of sp³-hybridized carbons (Fsp3) is 0.444. The van der Waals surface area contributed by atoms with Crippen molar-refractivity contribution in [1.82, 2.24) is 4.90 Å². The second-order valence-electron chi connectivity index (χ2n) is 3.20. The number of hydrogen-bond acceptors (Lipinski definition) is 3. The molecule has 0 bridgehead atoms. The van der Waals surface area contributed by atoms with Crippen LogP contribution in [0, 0.1) is 0 Å². The molecule has 1 aliphatic carbocycles. The van der Waals surface area contributed by atoms with Crippen molar-refractivity contribution in [1.29, 1.82) is 0 Å². The van der Waals surface area contributed by atoms with E-state index >= 15 is 0 Å². The molecule has 0 radical (unpaired) electrons. The number of rotatable bonds is 2. The Morgan fingerprint density at radius 1 is 1.75 bits per heavy atom. The van der Waals surface area contributed by atoms with E-state index in [0.29, 0.717) is 6.42 Å². The average molecular weight is 167 g/mol. The van der Waals surface area contributed by atoms with Gasteiger partial charge in [-0.05, 0) is 0 Å². The summed E-state index contributed by atoms with van der Waals surface area (Å²) < 4.78 is 0. The predicted molar refractivity (Wildman–Crippen MR) is 46.5 cm³/mol. The molecule has 0 fully saturated rings. The number of carbonyl (C=O) groups excluding carboxylic acids is 1. The van der Waals surface area contributed by atoms with Gasteiger partial charge >= 0.3 is 0 Å². The molecule has 3 nitrogen and oxygen atoms in total. The highest BCUT2D eigenvalue weighted by Gasteiger charge is 2.37. The summed E-state index contributed by atoms with van der Waals surface area (Å²) in [5.74, 6) is -0.277. The van der Waals surface area contributed by atoms with Crippen LogP contribution in [0.3, 0.4) is 0 Å². The number of ketones is 1. The van der Waals surface area contributed by atoms with Crippen molar-refractivity contribution in [3.8, 4) is 0 Å². The first-order valence-corrected chi connectivity index (χ1v) is 3.78. The van der Waals surface area contributed by atoms with Gasteiger partial charge in [-0.3, -0.25) is 4.79 Å². The van der Waals surface area contributed by atoms with Crippen molar-refractivity contribution < 1.29 is 9.90 Å². The molecule has 12 heavy (non-hydrogen) atoms. The predicted octanol–water partition coefficient (Wildman–Crippen LogP) is 0.322. The Labute approximate surface area is 72.0 Å². The van der Waals surface area contributed by atoms with E-state index < -0.39 is 5.60 Å². The minimum absolute atomic E-state index is 0.277. The van der Waals surface area contributed by atoms with Crippen LogP contribution >= 0.6 is 0 Å². The maximum absolute atomic E-state index is 11.2. The number of hydrogen-bond donors (Lipinski definition) is 1. The zero-order valence-corrected chi connectivity index (χ0v) is 7.37. The van der Waals surface area contributed by atoms with Crippen molar-refractivity contribution in [2.45, 2.75) is 12.0 Å². The van der Waals surface area contributed by atoms with Crippen LogP contribution in [0.15, 0.2) is 24.4 Å². The molecular formula is C9H13NO2. The van der Waals surface area contributed by atoms with E-state index in [9.17, 15) is 9.90 Å². The molecule has 0 aromatic carbocycles. The Morgan fingerprint density at radius 2 is 2.33 bits per heavy atom. The van der Waals surface area contributed by atoms with E-state index in [0.717, 1.165) is 5.70 Å². The van der Waals surface area contributed by atoms with E-state index in [4.69, 9.17) is 0 Å². The average Bonchev–Trinajstić information content (AvgIpc) is 2.30. The molecule has 0 unspecified atom stereocenters. The lowest BCUT2D eigenvalue weighted by atomic mass is 10.0.